The zero-order valence-corrected chi connectivity index (χ0v) is 13.8. The molecule has 2 aromatic carbocycles. The molecule has 2 N–H and O–H groups in total. The fourth-order valence-electron chi connectivity index (χ4n) is 2.74. The van der Waals surface area contributed by atoms with Crippen LogP contribution in [0.15, 0.2) is 72.1 Å². The summed E-state index contributed by atoms with van der Waals surface area (Å²) in [4.78, 5) is 16.7. The molecule has 0 aliphatic heterocycles. The predicted molar refractivity (Wildman–Crippen MR) is 99.2 cm³/mol. The first-order chi connectivity index (χ1) is 11.8. The molecule has 2 aromatic heterocycles. The van der Waals surface area contributed by atoms with E-state index in [1.165, 1.54) is 5.56 Å². The van der Waals surface area contributed by atoms with Crippen molar-refractivity contribution in [1.29, 1.82) is 0 Å². The van der Waals surface area contributed by atoms with Crippen molar-refractivity contribution >= 4 is 28.1 Å². The molecule has 0 fully saturated rings. The van der Waals surface area contributed by atoms with Crippen LogP contribution >= 0.6 is 11.3 Å². The van der Waals surface area contributed by atoms with E-state index in [1.807, 2.05) is 47.8 Å². The molecule has 0 aliphatic rings. The van der Waals surface area contributed by atoms with Gasteiger partial charge in [0.25, 0.3) is 5.91 Å². The van der Waals surface area contributed by atoms with Gasteiger partial charge in [0, 0.05) is 15.8 Å². The van der Waals surface area contributed by atoms with Crippen LogP contribution in [0, 0.1) is 0 Å². The molecule has 0 aliphatic carbocycles. The Kier molecular flexibility index (Phi) is 3.89. The third-order valence-electron chi connectivity index (χ3n) is 3.98. The van der Waals surface area contributed by atoms with E-state index in [2.05, 4.69) is 34.6 Å². The van der Waals surface area contributed by atoms with Crippen LogP contribution in [0.4, 0.5) is 0 Å². The second-order valence-electron chi connectivity index (χ2n) is 5.61. The summed E-state index contributed by atoms with van der Waals surface area (Å²) in [6.45, 7) is 0.557. The van der Waals surface area contributed by atoms with Crippen molar-refractivity contribution in [2.24, 2.45) is 0 Å². The molecule has 0 saturated heterocycles. The SMILES string of the molecule is O=C(NCc1cccs1)c1cc2cc(-c3ccccc3)ccc2[nH]1. The number of aromatic nitrogens is 1. The number of benzene rings is 2. The van der Waals surface area contributed by atoms with Crippen LogP contribution in [-0.2, 0) is 6.54 Å². The molecule has 0 saturated carbocycles. The maximum Gasteiger partial charge on any atom is 0.268 e. The maximum atomic E-state index is 12.3. The van der Waals surface area contributed by atoms with Gasteiger partial charge < -0.3 is 10.3 Å². The summed E-state index contributed by atoms with van der Waals surface area (Å²) in [5.41, 5.74) is 3.87. The smallest absolute Gasteiger partial charge is 0.268 e. The van der Waals surface area contributed by atoms with E-state index in [9.17, 15) is 4.79 Å². The number of aromatic amines is 1. The van der Waals surface area contributed by atoms with Gasteiger partial charge >= 0.3 is 0 Å². The zero-order valence-electron chi connectivity index (χ0n) is 13.0. The lowest BCUT2D eigenvalue weighted by molar-refractivity contribution is 0.0947. The van der Waals surface area contributed by atoms with E-state index in [0.717, 1.165) is 21.3 Å². The molecule has 3 nitrogen and oxygen atoms in total. The van der Waals surface area contributed by atoms with Crippen LogP contribution in [0.2, 0.25) is 0 Å². The van der Waals surface area contributed by atoms with Gasteiger partial charge in [-0.25, -0.2) is 0 Å². The number of hydrogen-bond acceptors (Lipinski definition) is 2. The number of amides is 1. The number of H-pyrrole nitrogens is 1. The number of nitrogens with one attached hydrogen (secondary N) is 2. The molecule has 0 spiro atoms. The van der Waals surface area contributed by atoms with Crippen LogP contribution in [-0.4, -0.2) is 10.9 Å². The predicted octanol–water partition coefficient (Wildman–Crippen LogP) is 4.83. The van der Waals surface area contributed by atoms with Crippen LogP contribution < -0.4 is 5.32 Å². The van der Waals surface area contributed by atoms with Crippen molar-refractivity contribution in [1.82, 2.24) is 10.3 Å². The largest absolute Gasteiger partial charge is 0.351 e. The molecular formula is C20H16N2OS. The Morgan fingerprint density at radius 2 is 1.83 bits per heavy atom. The second-order valence-corrected chi connectivity index (χ2v) is 6.65. The molecule has 0 bridgehead atoms. The summed E-state index contributed by atoms with van der Waals surface area (Å²) in [5, 5.41) is 6.00. The average molecular weight is 332 g/mol. The minimum absolute atomic E-state index is 0.0825. The molecule has 118 valence electrons. The van der Waals surface area contributed by atoms with E-state index in [1.54, 1.807) is 11.3 Å². The summed E-state index contributed by atoms with van der Waals surface area (Å²) in [7, 11) is 0. The third kappa shape index (κ3) is 2.96. The Labute approximate surface area is 144 Å². The van der Waals surface area contributed by atoms with Crippen molar-refractivity contribution in [3.05, 3.63) is 82.7 Å². The van der Waals surface area contributed by atoms with Gasteiger partial charge in [-0.2, -0.15) is 0 Å². The van der Waals surface area contributed by atoms with E-state index >= 15 is 0 Å². The van der Waals surface area contributed by atoms with E-state index < -0.39 is 0 Å². The van der Waals surface area contributed by atoms with Crippen molar-refractivity contribution in [3.63, 3.8) is 0 Å². The molecule has 4 aromatic rings. The number of thiophene rings is 1. The molecule has 0 radical (unpaired) electrons. The summed E-state index contributed by atoms with van der Waals surface area (Å²) in [5.74, 6) is -0.0825. The molecule has 2 heterocycles. The lowest BCUT2D eigenvalue weighted by Gasteiger charge is -2.01. The average Bonchev–Trinajstić information content (AvgIpc) is 3.29. The van der Waals surface area contributed by atoms with Crippen molar-refractivity contribution < 1.29 is 4.79 Å². The minimum Gasteiger partial charge on any atom is -0.351 e. The summed E-state index contributed by atoms with van der Waals surface area (Å²) in [6.07, 6.45) is 0. The van der Waals surface area contributed by atoms with Crippen LogP contribution in [0.3, 0.4) is 0 Å². The third-order valence-corrected chi connectivity index (χ3v) is 4.85. The van der Waals surface area contributed by atoms with Gasteiger partial charge in [-0.3, -0.25) is 4.79 Å². The molecular weight excluding hydrogens is 316 g/mol. The highest BCUT2D eigenvalue weighted by molar-refractivity contribution is 7.09. The van der Waals surface area contributed by atoms with Crippen molar-refractivity contribution in [2.75, 3.05) is 0 Å². The fraction of sp³-hybridized carbons (Fsp3) is 0.0500. The maximum absolute atomic E-state index is 12.3. The lowest BCUT2D eigenvalue weighted by Crippen LogP contribution is -2.22. The Morgan fingerprint density at radius 1 is 0.958 bits per heavy atom. The number of carbonyl (C=O) groups excluding carboxylic acids is 1. The molecule has 24 heavy (non-hydrogen) atoms. The quantitative estimate of drug-likeness (QED) is 0.552. The monoisotopic (exact) mass is 332 g/mol. The first-order valence-electron chi connectivity index (χ1n) is 7.78. The highest BCUT2D eigenvalue weighted by Crippen LogP contribution is 2.24. The highest BCUT2D eigenvalue weighted by atomic mass is 32.1. The topological polar surface area (TPSA) is 44.9 Å². The summed E-state index contributed by atoms with van der Waals surface area (Å²) < 4.78 is 0. The molecule has 0 atom stereocenters. The fourth-order valence-corrected chi connectivity index (χ4v) is 3.39. The normalized spacial score (nSPS) is 10.8. The number of fused-ring (bicyclic) bond motifs is 1. The number of hydrogen-bond donors (Lipinski definition) is 2. The van der Waals surface area contributed by atoms with Crippen molar-refractivity contribution in [2.45, 2.75) is 6.54 Å². The van der Waals surface area contributed by atoms with Gasteiger partial charge in [-0.15, -0.1) is 11.3 Å². The molecule has 4 rings (SSSR count). The van der Waals surface area contributed by atoms with Gasteiger partial charge in [-0.05, 0) is 40.8 Å². The first kappa shape index (κ1) is 14.7. The second kappa shape index (κ2) is 6.34. The standard InChI is InChI=1S/C20H16N2OS/c23-20(21-13-17-7-4-10-24-17)19-12-16-11-15(8-9-18(16)22-19)14-5-2-1-3-6-14/h1-12,22H,13H2,(H,21,23). The Hall–Kier alpha value is -2.85. The number of carbonyl (C=O) groups is 1. The van der Waals surface area contributed by atoms with E-state index in [0.29, 0.717) is 12.2 Å². The van der Waals surface area contributed by atoms with Crippen LogP contribution in [0.25, 0.3) is 22.0 Å². The van der Waals surface area contributed by atoms with Gasteiger partial charge in [-0.1, -0.05) is 42.5 Å². The Balaban J connectivity index is 1.57. The zero-order chi connectivity index (χ0) is 16.4. The van der Waals surface area contributed by atoms with Gasteiger partial charge in [0.1, 0.15) is 5.69 Å². The van der Waals surface area contributed by atoms with E-state index in [4.69, 9.17) is 0 Å². The lowest BCUT2D eigenvalue weighted by atomic mass is 10.0. The van der Waals surface area contributed by atoms with Gasteiger partial charge in [0.05, 0.1) is 6.54 Å². The Bertz CT molecular complexity index is 971. The molecule has 4 heteroatoms. The number of rotatable bonds is 4. The Morgan fingerprint density at radius 3 is 2.62 bits per heavy atom. The summed E-state index contributed by atoms with van der Waals surface area (Å²) >= 11 is 1.64. The van der Waals surface area contributed by atoms with Crippen LogP contribution in [0.1, 0.15) is 15.4 Å². The summed E-state index contributed by atoms with van der Waals surface area (Å²) in [6, 6.07) is 22.3. The minimum atomic E-state index is -0.0825. The molecule has 0 unspecified atom stereocenters. The highest BCUT2D eigenvalue weighted by Gasteiger charge is 2.10. The van der Waals surface area contributed by atoms with Gasteiger partial charge in [0.2, 0.25) is 0 Å². The molecule has 1 amide bonds. The van der Waals surface area contributed by atoms with Crippen LogP contribution in [0.5, 0.6) is 0 Å². The van der Waals surface area contributed by atoms with Crippen molar-refractivity contribution in [3.8, 4) is 11.1 Å². The first-order valence-corrected chi connectivity index (χ1v) is 8.66. The van der Waals surface area contributed by atoms with Gasteiger partial charge in [0.15, 0.2) is 0 Å². The van der Waals surface area contributed by atoms with E-state index in [-0.39, 0.29) is 5.91 Å².